The van der Waals surface area contributed by atoms with E-state index in [1.807, 2.05) is 30.3 Å². The second-order valence-electron chi connectivity index (χ2n) is 3.90. The van der Waals surface area contributed by atoms with Crippen LogP contribution in [0.1, 0.15) is 17.7 Å². The fraction of sp³-hybridized carbons (Fsp3) is 0.333. The van der Waals surface area contributed by atoms with Gasteiger partial charge in [0, 0.05) is 6.92 Å². The molecular formula is C12H13NO3S. The highest BCUT2D eigenvalue weighted by atomic mass is 32.2. The van der Waals surface area contributed by atoms with Gasteiger partial charge in [0.2, 0.25) is 5.91 Å². The van der Waals surface area contributed by atoms with E-state index in [4.69, 9.17) is 0 Å². The quantitative estimate of drug-likeness (QED) is 0.869. The largest absolute Gasteiger partial charge is 0.480 e. The number of carbonyl (C=O) groups excluding carboxylic acids is 1. The van der Waals surface area contributed by atoms with E-state index in [0.29, 0.717) is 5.88 Å². The first kappa shape index (κ1) is 12.0. The molecule has 1 aromatic carbocycles. The van der Waals surface area contributed by atoms with Crippen molar-refractivity contribution in [2.45, 2.75) is 18.2 Å². The van der Waals surface area contributed by atoms with Crippen molar-refractivity contribution in [2.24, 2.45) is 0 Å². The lowest BCUT2D eigenvalue weighted by molar-refractivity contribution is -0.147. The summed E-state index contributed by atoms with van der Waals surface area (Å²) in [4.78, 5) is 24.1. The van der Waals surface area contributed by atoms with E-state index in [-0.39, 0.29) is 11.2 Å². The van der Waals surface area contributed by atoms with Gasteiger partial charge in [0.05, 0.1) is 11.1 Å². The highest BCUT2D eigenvalue weighted by molar-refractivity contribution is 7.99. The Morgan fingerprint density at radius 1 is 1.35 bits per heavy atom. The Bertz CT molecular complexity index is 435. The molecule has 4 nitrogen and oxygen atoms in total. The predicted octanol–water partition coefficient (Wildman–Crippen LogP) is 1.73. The number of nitrogens with zero attached hydrogens (tertiary/aromatic N) is 1. The van der Waals surface area contributed by atoms with Gasteiger partial charge in [0.25, 0.3) is 0 Å². The molecule has 17 heavy (non-hydrogen) atoms. The number of benzene rings is 1. The van der Waals surface area contributed by atoms with Gasteiger partial charge in [0.15, 0.2) is 0 Å². The molecule has 0 bridgehead atoms. The molecule has 0 aliphatic carbocycles. The Hall–Kier alpha value is -1.49. The smallest absolute Gasteiger partial charge is 0.327 e. The zero-order valence-electron chi connectivity index (χ0n) is 9.37. The summed E-state index contributed by atoms with van der Waals surface area (Å²) in [5.41, 5.74) is 0.952. The number of rotatable bonds is 2. The third-order valence-corrected chi connectivity index (χ3v) is 4.12. The molecule has 0 radical (unpaired) electrons. The molecule has 90 valence electrons. The zero-order chi connectivity index (χ0) is 12.4. The van der Waals surface area contributed by atoms with Crippen LogP contribution in [0.5, 0.6) is 0 Å². The highest BCUT2D eigenvalue weighted by Crippen LogP contribution is 2.41. The summed E-state index contributed by atoms with van der Waals surface area (Å²) in [6.45, 7) is 1.41. The van der Waals surface area contributed by atoms with Crippen molar-refractivity contribution >= 4 is 23.6 Å². The van der Waals surface area contributed by atoms with Crippen LogP contribution in [0.2, 0.25) is 0 Å². The molecule has 2 rings (SSSR count). The number of carbonyl (C=O) groups is 2. The molecule has 1 saturated heterocycles. The number of carboxylic acids is 1. The van der Waals surface area contributed by atoms with Crippen molar-refractivity contribution in [1.82, 2.24) is 4.90 Å². The van der Waals surface area contributed by atoms with Crippen LogP contribution in [0.15, 0.2) is 30.3 Å². The summed E-state index contributed by atoms with van der Waals surface area (Å²) in [6.07, 6.45) is 0. The van der Waals surface area contributed by atoms with E-state index in [2.05, 4.69) is 0 Å². The van der Waals surface area contributed by atoms with E-state index in [1.165, 1.54) is 23.6 Å². The normalized spacial score (nSPS) is 23.7. The third-order valence-electron chi connectivity index (χ3n) is 2.80. The van der Waals surface area contributed by atoms with Crippen LogP contribution in [0.4, 0.5) is 0 Å². The standard InChI is InChI=1S/C12H13NO3S/c1-8(14)13-7-17-11(10(13)12(15)16)9-5-3-2-4-6-9/h2-6,10-11H,7H2,1H3,(H,15,16). The average molecular weight is 251 g/mol. The molecule has 1 fully saturated rings. The van der Waals surface area contributed by atoms with E-state index >= 15 is 0 Å². The molecular weight excluding hydrogens is 238 g/mol. The van der Waals surface area contributed by atoms with Crippen molar-refractivity contribution in [3.63, 3.8) is 0 Å². The number of hydrogen-bond acceptors (Lipinski definition) is 3. The maximum Gasteiger partial charge on any atom is 0.327 e. The summed E-state index contributed by atoms with van der Waals surface area (Å²) >= 11 is 1.49. The van der Waals surface area contributed by atoms with Crippen molar-refractivity contribution < 1.29 is 14.7 Å². The summed E-state index contributed by atoms with van der Waals surface area (Å²) in [6, 6.07) is 8.69. The van der Waals surface area contributed by atoms with Gasteiger partial charge in [0.1, 0.15) is 6.04 Å². The van der Waals surface area contributed by atoms with Crippen LogP contribution in [0, 0.1) is 0 Å². The number of carboxylic acid groups (broad SMARTS) is 1. The van der Waals surface area contributed by atoms with Crippen LogP contribution in [-0.2, 0) is 9.59 Å². The van der Waals surface area contributed by atoms with Crippen molar-refractivity contribution in [1.29, 1.82) is 0 Å². The summed E-state index contributed by atoms with van der Waals surface area (Å²) in [5, 5.41) is 9.07. The van der Waals surface area contributed by atoms with E-state index in [0.717, 1.165) is 5.56 Å². The van der Waals surface area contributed by atoms with Gasteiger partial charge in [-0.2, -0.15) is 0 Å². The molecule has 5 heteroatoms. The fourth-order valence-electron chi connectivity index (χ4n) is 1.97. The molecule has 0 aromatic heterocycles. The lowest BCUT2D eigenvalue weighted by Crippen LogP contribution is -2.41. The minimum absolute atomic E-state index is 0.183. The van der Waals surface area contributed by atoms with Gasteiger partial charge >= 0.3 is 5.97 Å². The fourth-order valence-corrected chi connectivity index (χ4v) is 3.43. The van der Waals surface area contributed by atoms with Crippen LogP contribution >= 0.6 is 11.8 Å². The Labute approximate surface area is 104 Å². The monoisotopic (exact) mass is 251 g/mol. The topological polar surface area (TPSA) is 57.6 Å². The second-order valence-corrected chi connectivity index (χ2v) is 5.00. The first-order valence-corrected chi connectivity index (χ1v) is 6.32. The highest BCUT2D eigenvalue weighted by Gasteiger charge is 2.42. The van der Waals surface area contributed by atoms with E-state index < -0.39 is 12.0 Å². The molecule has 2 unspecified atom stereocenters. The van der Waals surface area contributed by atoms with Gasteiger partial charge in [-0.3, -0.25) is 4.79 Å². The van der Waals surface area contributed by atoms with Gasteiger partial charge < -0.3 is 10.0 Å². The molecule has 2 atom stereocenters. The second kappa shape index (κ2) is 4.79. The third kappa shape index (κ3) is 2.29. The number of thioether (sulfide) groups is 1. The van der Waals surface area contributed by atoms with Gasteiger partial charge in [-0.25, -0.2) is 4.79 Å². The Morgan fingerprint density at radius 2 is 2.00 bits per heavy atom. The molecule has 1 aliphatic heterocycles. The molecule has 0 spiro atoms. The predicted molar refractivity (Wildman–Crippen MR) is 65.6 cm³/mol. The zero-order valence-corrected chi connectivity index (χ0v) is 10.2. The molecule has 1 aromatic rings. The Balaban J connectivity index is 2.30. The molecule has 1 N–H and O–H groups in total. The number of amides is 1. The average Bonchev–Trinajstić information content (AvgIpc) is 2.74. The first-order valence-electron chi connectivity index (χ1n) is 5.28. The van der Waals surface area contributed by atoms with Crippen LogP contribution in [0.25, 0.3) is 0 Å². The van der Waals surface area contributed by atoms with E-state index in [9.17, 15) is 14.7 Å². The number of hydrogen-bond donors (Lipinski definition) is 1. The van der Waals surface area contributed by atoms with Gasteiger partial charge in [-0.1, -0.05) is 30.3 Å². The van der Waals surface area contributed by atoms with Crippen molar-refractivity contribution in [2.75, 3.05) is 5.88 Å². The van der Waals surface area contributed by atoms with E-state index in [1.54, 1.807) is 0 Å². The molecule has 0 saturated carbocycles. The van der Waals surface area contributed by atoms with Crippen LogP contribution in [0.3, 0.4) is 0 Å². The lowest BCUT2D eigenvalue weighted by Gasteiger charge is -2.22. The van der Waals surface area contributed by atoms with Gasteiger partial charge in [-0.05, 0) is 5.56 Å². The first-order chi connectivity index (χ1) is 8.11. The summed E-state index contributed by atoms with van der Waals surface area (Å²) in [7, 11) is 0. The summed E-state index contributed by atoms with van der Waals surface area (Å²) in [5.74, 6) is -0.700. The minimum atomic E-state index is -0.945. The Morgan fingerprint density at radius 3 is 2.53 bits per heavy atom. The Kier molecular flexibility index (Phi) is 3.38. The van der Waals surface area contributed by atoms with Crippen LogP contribution in [-0.4, -0.2) is 33.8 Å². The van der Waals surface area contributed by atoms with Gasteiger partial charge in [-0.15, -0.1) is 11.8 Å². The van der Waals surface area contributed by atoms with Crippen molar-refractivity contribution in [3.8, 4) is 0 Å². The SMILES string of the molecule is CC(=O)N1CSC(c2ccccc2)C1C(=O)O. The molecule has 1 amide bonds. The minimum Gasteiger partial charge on any atom is -0.480 e. The molecule has 1 heterocycles. The van der Waals surface area contributed by atoms with Crippen LogP contribution < -0.4 is 0 Å². The maximum atomic E-state index is 11.4. The lowest BCUT2D eigenvalue weighted by atomic mass is 10.0. The maximum absolute atomic E-state index is 11.4. The number of aliphatic carboxylic acids is 1. The molecule has 1 aliphatic rings. The summed E-state index contributed by atoms with van der Waals surface area (Å²) < 4.78 is 0. The van der Waals surface area contributed by atoms with Crippen molar-refractivity contribution in [3.05, 3.63) is 35.9 Å².